The number of benzene rings is 1. The summed E-state index contributed by atoms with van der Waals surface area (Å²) in [5.74, 6) is -1.81. The summed E-state index contributed by atoms with van der Waals surface area (Å²) in [4.78, 5) is 25.6. The summed E-state index contributed by atoms with van der Waals surface area (Å²) in [7, 11) is 0. The molecule has 21 heavy (non-hydrogen) atoms. The molecule has 1 heterocycles. The first-order chi connectivity index (χ1) is 10.0. The first-order valence-electron chi connectivity index (χ1n) is 6.94. The molecule has 0 saturated carbocycles. The Hall–Kier alpha value is -1.62. The minimum Gasteiger partial charge on any atom is -0.466 e. The molecule has 1 saturated heterocycles. The van der Waals surface area contributed by atoms with Gasteiger partial charge in [-0.15, -0.1) is 0 Å². The highest BCUT2D eigenvalue weighted by Crippen LogP contribution is 2.23. The Kier molecular flexibility index (Phi) is 5.17. The van der Waals surface area contributed by atoms with E-state index in [0.29, 0.717) is 26.0 Å². The van der Waals surface area contributed by atoms with Crippen molar-refractivity contribution < 1.29 is 18.7 Å². The van der Waals surface area contributed by atoms with Crippen LogP contribution in [0.25, 0.3) is 0 Å². The Morgan fingerprint density at radius 2 is 2.24 bits per heavy atom. The van der Waals surface area contributed by atoms with Gasteiger partial charge >= 0.3 is 5.97 Å². The molecule has 0 unspecified atom stereocenters. The number of carbonyl (C=O) groups excluding carboxylic acids is 2. The monoisotopic (exact) mass is 313 g/mol. The quantitative estimate of drug-likeness (QED) is 0.806. The Morgan fingerprint density at radius 1 is 1.48 bits per heavy atom. The molecule has 1 fully saturated rings. The zero-order valence-corrected chi connectivity index (χ0v) is 12.5. The highest BCUT2D eigenvalue weighted by molar-refractivity contribution is 6.31. The standard InChI is InChI=1S/C15H17ClFNO3/c1-2-21-15(20)10-5-4-8-18(9-10)14(19)11-6-3-7-12(16)13(11)17/h3,6-7,10H,2,4-5,8-9H2,1H3/t10-/m1/s1. The van der Waals surface area contributed by atoms with Crippen LogP contribution in [0.4, 0.5) is 4.39 Å². The van der Waals surface area contributed by atoms with E-state index >= 15 is 0 Å². The molecule has 4 nitrogen and oxygen atoms in total. The lowest BCUT2D eigenvalue weighted by Gasteiger charge is -2.31. The molecule has 0 aromatic heterocycles. The Labute approximate surface area is 127 Å². The third kappa shape index (κ3) is 3.53. The van der Waals surface area contributed by atoms with Gasteiger partial charge in [0.1, 0.15) is 0 Å². The van der Waals surface area contributed by atoms with Crippen molar-refractivity contribution in [3.05, 3.63) is 34.6 Å². The largest absolute Gasteiger partial charge is 0.466 e. The topological polar surface area (TPSA) is 46.6 Å². The number of piperidine rings is 1. The number of rotatable bonds is 3. The van der Waals surface area contributed by atoms with E-state index in [0.717, 1.165) is 0 Å². The maximum atomic E-state index is 13.9. The minimum atomic E-state index is -0.720. The lowest BCUT2D eigenvalue weighted by Crippen LogP contribution is -2.43. The second-order valence-electron chi connectivity index (χ2n) is 4.94. The summed E-state index contributed by atoms with van der Waals surface area (Å²) in [5, 5.41) is -0.0835. The fourth-order valence-corrected chi connectivity index (χ4v) is 2.63. The van der Waals surface area contributed by atoms with Crippen LogP contribution < -0.4 is 0 Å². The van der Waals surface area contributed by atoms with Crippen molar-refractivity contribution >= 4 is 23.5 Å². The van der Waals surface area contributed by atoms with Crippen LogP contribution in [-0.4, -0.2) is 36.5 Å². The molecule has 1 aliphatic heterocycles. The van der Waals surface area contributed by atoms with E-state index in [1.807, 2.05) is 0 Å². The third-order valence-corrected chi connectivity index (χ3v) is 3.80. The Balaban J connectivity index is 2.12. The van der Waals surface area contributed by atoms with E-state index in [1.165, 1.54) is 23.1 Å². The van der Waals surface area contributed by atoms with E-state index in [9.17, 15) is 14.0 Å². The highest BCUT2D eigenvalue weighted by atomic mass is 35.5. The molecule has 1 aliphatic rings. The van der Waals surface area contributed by atoms with Gasteiger partial charge in [0.05, 0.1) is 23.1 Å². The van der Waals surface area contributed by atoms with Crippen LogP contribution in [0.5, 0.6) is 0 Å². The summed E-state index contributed by atoms with van der Waals surface area (Å²) >= 11 is 5.70. The van der Waals surface area contributed by atoms with E-state index in [-0.39, 0.29) is 29.0 Å². The van der Waals surface area contributed by atoms with Gasteiger partial charge in [0.2, 0.25) is 0 Å². The molecule has 1 aromatic carbocycles. The van der Waals surface area contributed by atoms with Crippen molar-refractivity contribution in [2.45, 2.75) is 19.8 Å². The number of amides is 1. The van der Waals surface area contributed by atoms with Crippen LogP contribution in [0.3, 0.4) is 0 Å². The highest BCUT2D eigenvalue weighted by Gasteiger charge is 2.30. The van der Waals surface area contributed by atoms with Gasteiger partial charge in [0.15, 0.2) is 5.82 Å². The van der Waals surface area contributed by atoms with E-state index in [4.69, 9.17) is 16.3 Å². The maximum Gasteiger partial charge on any atom is 0.310 e. The molecule has 2 rings (SSSR count). The fraction of sp³-hybridized carbons (Fsp3) is 0.467. The summed E-state index contributed by atoms with van der Waals surface area (Å²) in [6, 6.07) is 4.33. The van der Waals surface area contributed by atoms with Crippen molar-refractivity contribution in [3.8, 4) is 0 Å². The molecule has 1 atom stereocenters. The summed E-state index contributed by atoms with van der Waals surface area (Å²) in [5.41, 5.74) is -0.0630. The van der Waals surface area contributed by atoms with Gasteiger partial charge in [-0.2, -0.15) is 0 Å². The Bertz CT molecular complexity index is 550. The molecule has 114 valence electrons. The first-order valence-corrected chi connectivity index (χ1v) is 7.32. The molecule has 0 radical (unpaired) electrons. The van der Waals surface area contributed by atoms with E-state index in [1.54, 1.807) is 6.92 Å². The van der Waals surface area contributed by atoms with Gasteiger partial charge in [0.25, 0.3) is 5.91 Å². The maximum absolute atomic E-state index is 13.9. The molecular formula is C15H17ClFNO3. The van der Waals surface area contributed by atoms with Gasteiger partial charge in [-0.25, -0.2) is 4.39 Å². The number of esters is 1. The van der Waals surface area contributed by atoms with Crippen molar-refractivity contribution in [2.75, 3.05) is 19.7 Å². The minimum absolute atomic E-state index is 0.0630. The van der Waals surface area contributed by atoms with Gasteiger partial charge in [-0.05, 0) is 31.9 Å². The van der Waals surface area contributed by atoms with Crippen molar-refractivity contribution in [1.82, 2.24) is 4.90 Å². The van der Waals surface area contributed by atoms with Gasteiger partial charge in [-0.1, -0.05) is 17.7 Å². The molecule has 6 heteroatoms. The first kappa shape index (κ1) is 15.8. The smallest absolute Gasteiger partial charge is 0.310 e. The third-order valence-electron chi connectivity index (χ3n) is 3.51. The number of nitrogens with zero attached hydrogens (tertiary/aromatic N) is 1. The van der Waals surface area contributed by atoms with Crippen LogP contribution >= 0.6 is 11.6 Å². The summed E-state index contributed by atoms with van der Waals surface area (Å²) < 4.78 is 18.9. The van der Waals surface area contributed by atoms with Crippen molar-refractivity contribution in [2.24, 2.45) is 5.92 Å². The van der Waals surface area contributed by atoms with Gasteiger partial charge in [-0.3, -0.25) is 9.59 Å². The van der Waals surface area contributed by atoms with Crippen LogP contribution in [0.1, 0.15) is 30.1 Å². The van der Waals surface area contributed by atoms with Crippen molar-refractivity contribution in [3.63, 3.8) is 0 Å². The zero-order chi connectivity index (χ0) is 15.4. The summed E-state index contributed by atoms with van der Waals surface area (Å²) in [6.07, 6.45) is 1.37. The average Bonchev–Trinajstić information content (AvgIpc) is 2.50. The predicted molar refractivity (Wildman–Crippen MR) is 76.7 cm³/mol. The normalized spacial score (nSPS) is 18.4. The summed E-state index contributed by atoms with van der Waals surface area (Å²) in [6.45, 7) is 2.81. The van der Waals surface area contributed by atoms with Crippen LogP contribution in [0, 0.1) is 11.7 Å². The van der Waals surface area contributed by atoms with Gasteiger partial charge in [0, 0.05) is 13.1 Å². The second-order valence-corrected chi connectivity index (χ2v) is 5.35. The number of ether oxygens (including phenoxy) is 1. The Morgan fingerprint density at radius 3 is 2.95 bits per heavy atom. The lowest BCUT2D eigenvalue weighted by atomic mass is 9.97. The van der Waals surface area contributed by atoms with Crippen molar-refractivity contribution in [1.29, 1.82) is 0 Å². The number of carbonyl (C=O) groups is 2. The molecule has 0 spiro atoms. The lowest BCUT2D eigenvalue weighted by molar-refractivity contribution is -0.149. The van der Waals surface area contributed by atoms with E-state index in [2.05, 4.69) is 0 Å². The number of halogens is 2. The molecular weight excluding hydrogens is 297 g/mol. The second kappa shape index (κ2) is 6.89. The van der Waals surface area contributed by atoms with E-state index < -0.39 is 11.7 Å². The van der Waals surface area contributed by atoms with Gasteiger partial charge < -0.3 is 9.64 Å². The number of likely N-dealkylation sites (tertiary alicyclic amines) is 1. The number of hydrogen-bond acceptors (Lipinski definition) is 3. The average molecular weight is 314 g/mol. The molecule has 0 bridgehead atoms. The predicted octanol–water partition coefficient (Wildman–Crippen LogP) is 2.89. The molecule has 0 N–H and O–H groups in total. The molecule has 1 aromatic rings. The van der Waals surface area contributed by atoms with Crippen LogP contribution in [0.15, 0.2) is 18.2 Å². The molecule has 0 aliphatic carbocycles. The van der Waals surface area contributed by atoms with Crippen LogP contribution in [-0.2, 0) is 9.53 Å². The number of hydrogen-bond donors (Lipinski definition) is 0. The SMILES string of the molecule is CCOC(=O)[C@@H]1CCCN(C(=O)c2cccc(Cl)c2F)C1. The molecule has 1 amide bonds. The zero-order valence-electron chi connectivity index (χ0n) is 11.8. The fourth-order valence-electron chi connectivity index (χ4n) is 2.45. The van der Waals surface area contributed by atoms with Crippen LogP contribution in [0.2, 0.25) is 5.02 Å².